The average molecular weight is 288 g/mol. The largest absolute Gasteiger partial charge is 0.361 e. The first-order valence-electron chi connectivity index (χ1n) is 4.12. The molecule has 0 nitrogen and oxygen atoms in total. The third-order valence-corrected chi connectivity index (χ3v) is 8.94. The van der Waals surface area contributed by atoms with Crippen LogP contribution in [0.3, 0.4) is 0 Å². The molecule has 1 aromatic rings. The van der Waals surface area contributed by atoms with Crippen LogP contribution in [0.4, 0.5) is 0 Å². The highest BCUT2D eigenvalue weighted by Gasteiger charge is 2.46. The minimum atomic E-state index is -2.89. The predicted molar refractivity (Wildman–Crippen MR) is 67.7 cm³/mol. The van der Waals surface area contributed by atoms with E-state index >= 15 is 0 Å². The molecule has 1 atom stereocenters. The summed E-state index contributed by atoms with van der Waals surface area (Å²) in [7, 11) is 0. The summed E-state index contributed by atoms with van der Waals surface area (Å²) in [5, 5.41) is 0. The quantitative estimate of drug-likeness (QED) is 0.439. The maximum Gasteiger partial charge on any atom is 0.361 e. The molecule has 0 spiro atoms. The monoisotopic (exact) mass is 286 g/mol. The Kier molecular flexibility index (Phi) is 4.18. The SMILES string of the molecule is CC(Cl)(Cc1ccccc1)[Si](Cl)(Cl)Cl. The summed E-state index contributed by atoms with van der Waals surface area (Å²) >= 11 is 24.0. The summed E-state index contributed by atoms with van der Waals surface area (Å²) in [4.78, 5) is 0. The van der Waals surface area contributed by atoms with Crippen molar-refractivity contribution in [1.82, 2.24) is 0 Å². The van der Waals surface area contributed by atoms with E-state index in [1.165, 1.54) is 0 Å². The molecule has 0 fully saturated rings. The number of rotatable bonds is 3. The summed E-state index contributed by atoms with van der Waals surface area (Å²) < 4.78 is -0.751. The van der Waals surface area contributed by atoms with E-state index in [2.05, 4.69) is 0 Å². The molecule has 0 N–H and O–H groups in total. The first-order valence-corrected chi connectivity index (χ1v) is 9.54. The van der Waals surface area contributed by atoms with Crippen molar-refractivity contribution in [3.8, 4) is 0 Å². The van der Waals surface area contributed by atoms with Crippen LogP contribution < -0.4 is 0 Å². The Morgan fingerprint density at radius 2 is 1.64 bits per heavy atom. The minimum Gasteiger partial charge on any atom is -0.124 e. The molecule has 0 aliphatic carbocycles. The molecule has 0 aliphatic heterocycles. The fourth-order valence-corrected chi connectivity index (χ4v) is 2.24. The summed E-state index contributed by atoms with van der Waals surface area (Å²) in [6.07, 6.45) is 0.581. The van der Waals surface area contributed by atoms with Crippen molar-refractivity contribution >= 4 is 50.8 Å². The molecule has 0 saturated carbocycles. The van der Waals surface area contributed by atoms with E-state index in [1.807, 2.05) is 30.3 Å². The second-order valence-electron chi connectivity index (χ2n) is 3.36. The van der Waals surface area contributed by atoms with Gasteiger partial charge in [0.25, 0.3) is 0 Å². The molecule has 0 bridgehead atoms. The van der Waals surface area contributed by atoms with Crippen LogP contribution in [0.5, 0.6) is 0 Å². The van der Waals surface area contributed by atoms with Crippen molar-refractivity contribution < 1.29 is 0 Å². The molecule has 1 unspecified atom stereocenters. The van der Waals surface area contributed by atoms with Crippen molar-refractivity contribution in [1.29, 1.82) is 0 Å². The lowest BCUT2D eigenvalue weighted by Gasteiger charge is -2.27. The maximum absolute atomic E-state index is 6.21. The van der Waals surface area contributed by atoms with Gasteiger partial charge in [0, 0.05) is 0 Å². The molecule has 1 aromatic carbocycles. The topological polar surface area (TPSA) is 0 Å². The second kappa shape index (κ2) is 4.63. The highest BCUT2D eigenvalue weighted by molar-refractivity contribution is 7.66. The first kappa shape index (κ1) is 12.7. The van der Waals surface area contributed by atoms with E-state index in [-0.39, 0.29) is 0 Å². The third-order valence-electron chi connectivity index (χ3n) is 1.97. The molecule has 0 amide bonds. The van der Waals surface area contributed by atoms with E-state index in [0.717, 1.165) is 5.56 Å². The van der Waals surface area contributed by atoms with Gasteiger partial charge in [-0.05, 0) is 18.9 Å². The third kappa shape index (κ3) is 3.32. The van der Waals surface area contributed by atoms with Crippen LogP contribution in [0.1, 0.15) is 12.5 Å². The lowest BCUT2D eigenvalue weighted by Crippen LogP contribution is -2.41. The van der Waals surface area contributed by atoms with Gasteiger partial charge >= 0.3 is 6.00 Å². The van der Waals surface area contributed by atoms with E-state index < -0.39 is 10.5 Å². The molecule has 78 valence electrons. The molecule has 5 heteroatoms. The van der Waals surface area contributed by atoms with E-state index in [1.54, 1.807) is 6.92 Å². The Balaban J connectivity index is 2.79. The molecular formula is C9H10Cl4Si. The van der Waals surface area contributed by atoms with Crippen LogP contribution in [0.15, 0.2) is 30.3 Å². The summed E-state index contributed by atoms with van der Waals surface area (Å²) in [6.45, 7) is 1.78. The zero-order valence-corrected chi connectivity index (χ0v) is 11.6. The lowest BCUT2D eigenvalue weighted by atomic mass is 10.1. The van der Waals surface area contributed by atoms with Gasteiger partial charge in [0.05, 0.1) is 4.50 Å². The molecule has 1 rings (SSSR count). The van der Waals surface area contributed by atoms with Gasteiger partial charge in [0.15, 0.2) is 0 Å². The Labute approximate surface area is 104 Å². The first-order chi connectivity index (χ1) is 6.33. The summed E-state index contributed by atoms with van der Waals surface area (Å²) in [6, 6.07) is 6.91. The van der Waals surface area contributed by atoms with Crippen LogP contribution in [-0.4, -0.2) is 10.5 Å². The van der Waals surface area contributed by atoms with Crippen molar-refractivity contribution in [3.05, 3.63) is 35.9 Å². The van der Waals surface area contributed by atoms with Crippen molar-refractivity contribution in [3.63, 3.8) is 0 Å². The van der Waals surface area contributed by atoms with Crippen LogP contribution in [-0.2, 0) is 6.42 Å². The second-order valence-corrected chi connectivity index (χ2v) is 13.5. The van der Waals surface area contributed by atoms with Gasteiger partial charge in [0.1, 0.15) is 0 Å². The van der Waals surface area contributed by atoms with Gasteiger partial charge in [-0.2, -0.15) is 0 Å². The Bertz CT molecular complexity index is 291. The number of alkyl halides is 1. The van der Waals surface area contributed by atoms with E-state index in [0.29, 0.717) is 6.42 Å². The summed E-state index contributed by atoms with van der Waals surface area (Å²) in [5.74, 6) is 0. The van der Waals surface area contributed by atoms with Crippen LogP contribution in [0.25, 0.3) is 0 Å². The number of hydrogen-bond donors (Lipinski definition) is 0. The van der Waals surface area contributed by atoms with E-state index in [4.69, 9.17) is 44.8 Å². The average Bonchev–Trinajstić information content (AvgIpc) is 2.03. The van der Waals surface area contributed by atoms with Gasteiger partial charge in [-0.1, -0.05) is 30.3 Å². The number of hydrogen-bond acceptors (Lipinski definition) is 0. The molecular weight excluding hydrogens is 278 g/mol. The van der Waals surface area contributed by atoms with E-state index in [9.17, 15) is 0 Å². The molecule has 0 aromatic heterocycles. The fourth-order valence-electron chi connectivity index (χ4n) is 1.08. The molecule has 0 aliphatic rings. The normalized spacial score (nSPS) is 16.4. The molecule has 0 saturated heterocycles. The van der Waals surface area contributed by atoms with Gasteiger partial charge in [-0.15, -0.1) is 44.8 Å². The van der Waals surface area contributed by atoms with Crippen LogP contribution in [0.2, 0.25) is 0 Å². The lowest BCUT2D eigenvalue weighted by molar-refractivity contribution is 0.840. The zero-order chi connectivity index (χ0) is 10.8. The van der Waals surface area contributed by atoms with Gasteiger partial charge in [-0.3, -0.25) is 0 Å². The fraction of sp³-hybridized carbons (Fsp3) is 0.333. The smallest absolute Gasteiger partial charge is 0.124 e. The van der Waals surface area contributed by atoms with Crippen LogP contribution >= 0.6 is 44.8 Å². The molecule has 14 heavy (non-hydrogen) atoms. The number of benzene rings is 1. The zero-order valence-electron chi connectivity index (χ0n) is 7.61. The summed E-state index contributed by atoms with van der Waals surface area (Å²) in [5.41, 5.74) is 1.09. The highest BCUT2D eigenvalue weighted by atomic mass is 35.8. The van der Waals surface area contributed by atoms with Gasteiger partial charge < -0.3 is 0 Å². The Morgan fingerprint density at radius 3 is 2.07 bits per heavy atom. The van der Waals surface area contributed by atoms with Crippen LogP contribution in [0, 0.1) is 0 Å². The van der Waals surface area contributed by atoms with Gasteiger partial charge in [0.2, 0.25) is 0 Å². The minimum absolute atomic E-state index is 0.581. The van der Waals surface area contributed by atoms with Gasteiger partial charge in [-0.25, -0.2) is 0 Å². The van der Waals surface area contributed by atoms with Crippen molar-refractivity contribution in [2.75, 3.05) is 0 Å². The molecule has 0 heterocycles. The maximum atomic E-state index is 6.21. The standard InChI is InChI=1S/C9H10Cl4Si/c1-9(10,14(11,12)13)7-8-5-3-2-4-6-8/h2-6H,7H2,1H3. The van der Waals surface area contributed by atoms with Crippen molar-refractivity contribution in [2.45, 2.75) is 17.8 Å². The Hall–Kier alpha value is 0.597. The Morgan fingerprint density at radius 1 is 1.14 bits per heavy atom. The highest BCUT2D eigenvalue weighted by Crippen LogP contribution is 2.39. The van der Waals surface area contributed by atoms with Crippen molar-refractivity contribution in [2.24, 2.45) is 0 Å². The molecule has 0 radical (unpaired) electrons. The number of halogens is 4. The predicted octanol–water partition coefficient (Wildman–Crippen LogP) is 4.42.